The molecule has 0 N–H and O–H groups in total. The standard InChI is InChI=1S/C13H14Cl2O2/c1-13(2)6-8(15)10-11(13)7(14)5-9-12(10)17-4-3-16-9/h5,8H,3-4,6H2,1-2H3. The van der Waals surface area contributed by atoms with Crippen LogP contribution in [0.25, 0.3) is 0 Å². The Morgan fingerprint density at radius 1 is 1.29 bits per heavy atom. The van der Waals surface area contributed by atoms with Crippen molar-refractivity contribution in [1.82, 2.24) is 0 Å². The van der Waals surface area contributed by atoms with E-state index in [1.54, 1.807) is 0 Å². The number of fused-ring (bicyclic) bond motifs is 3. The lowest BCUT2D eigenvalue weighted by Crippen LogP contribution is -2.18. The molecule has 1 aliphatic carbocycles. The largest absolute Gasteiger partial charge is 0.486 e. The highest BCUT2D eigenvalue weighted by atomic mass is 35.5. The van der Waals surface area contributed by atoms with Crippen molar-refractivity contribution in [3.05, 3.63) is 22.2 Å². The third-order valence-electron chi connectivity index (χ3n) is 3.50. The first-order valence-corrected chi connectivity index (χ1v) is 6.59. The number of benzene rings is 1. The molecule has 0 fully saturated rings. The summed E-state index contributed by atoms with van der Waals surface area (Å²) in [5.41, 5.74) is 2.14. The maximum atomic E-state index is 6.44. The van der Waals surface area contributed by atoms with Crippen LogP contribution < -0.4 is 9.47 Å². The molecule has 1 aliphatic heterocycles. The van der Waals surface area contributed by atoms with Crippen molar-refractivity contribution in [2.24, 2.45) is 0 Å². The molecule has 17 heavy (non-hydrogen) atoms. The number of rotatable bonds is 0. The fourth-order valence-electron chi connectivity index (χ4n) is 2.82. The molecule has 0 amide bonds. The third-order valence-corrected chi connectivity index (χ3v) is 4.17. The second kappa shape index (κ2) is 3.69. The molecule has 0 aromatic heterocycles. The van der Waals surface area contributed by atoms with Gasteiger partial charge in [-0.2, -0.15) is 0 Å². The fraction of sp³-hybridized carbons (Fsp3) is 0.538. The predicted molar refractivity (Wildman–Crippen MR) is 68.7 cm³/mol. The smallest absolute Gasteiger partial charge is 0.166 e. The van der Waals surface area contributed by atoms with Crippen molar-refractivity contribution in [3.8, 4) is 11.5 Å². The number of hydrogen-bond donors (Lipinski definition) is 0. The monoisotopic (exact) mass is 272 g/mol. The minimum atomic E-state index is -0.0471. The fourth-order valence-corrected chi connectivity index (χ4v) is 3.87. The Morgan fingerprint density at radius 3 is 2.76 bits per heavy atom. The Hall–Kier alpha value is -0.600. The molecule has 2 aliphatic rings. The number of ether oxygens (including phenoxy) is 2. The van der Waals surface area contributed by atoms with Crippen LogP contribution in [0.15, 0.2) is 6.07 Å². The summed E-state index contributed by atoms with van der Waals surface area (Å²) in [6.45, 7) is 5.47. The molecular weight excluding hydrogens is 259 g/mol. The predicted octanol–water partition coefficient (Wildman–Crippen LogP) is 4.07. The molecule has 4 heteroatoms. The average Bonchev–Trinajstić information content (AvgIpc) is 2.50. The van der Waals surface area contributed by atoms with Crippen molar-refractivity contribution in [2.45, 2.75) is 31.1 Å². The van der Waals surface area contributed by atoms with Crippen LogP contribution >= 0.6 is 23.2 Å². The summed E-state index contributed by atoms with van der Waals surface area (Å²) >= 11 is 12.8. The SMILES string of the molecule is CC1(C)CC(Cl)c2c3c(cc(Cl)c21)OCCO3. The van der Waals surface area contributed by atoms with Crippen molar-refractivity contribution in [2.75, 3.05) is 13.2 Å². The van der Waals surface area contributed by atoms with Crippen molar-refractivity contribution < 1.29 is 9.47 Å². The van der Waals surface area contributed by atoms with E-state index in [1.165, 1.54) is 0 Å². The zero-order valence-corrected chi connectivity index (χ0v) is 11.4. The summed E-state index contributed by atoms with van der Waals surface area (Å²) < 4.78 is 11.3. The van der Waals surface area contributed by atoms with Gasteiger partial charge in [0.1, 0.15) is 13.2 Å². The molecule has 0 spiro atoms. The van der Waals surface area contributed by atoms with Crippen molar-refractivity contribution in [3.63, 3.8) is 0 Å². The molecule has 1 unspecified atom stereocenters. The van der Waals surface area contributed by atoms with Gasteiger partial charge in [0.15, 0.2) is 11.5 Å². The van der Waals surface area contributed by atoms with Gasteiger partial charge in [-0.05, 0) is 17.4 Å². The molecule has 0 saturated carbocycles. The van der Waals surface area contributed by atoms with Crippen molar-refractivity contribution >= 4 is 23.2 Å². The minimum Gasteiger partial charge on any atom is -0.486 e. The van der Waals surface area contributed by atoms with Gasteiger partial charge < -0.3 is 9.47 Å². The van der Waals surface area contributed by atoms with Crippen LogP contribution in [0.1, 0.15) is 36.8 Å². The summed E-state index contributed by atoms with van der Waals surface area (Å²) in [5.74, 6) is 1.52. The topological polar surface area (TPSA) is 18.5 Å². The molecule has 1 aromatic rings. The van der Waals surface area contributed by atoms with Crippen LogP contribution in [0.2, 0.25) is 5.02 Å². The Morgan fingerprint density at radius 2 is 2.00 bits per heavy atom. The van der Waals surface area contributed by atoms with E-state index in [9.17, 15) is 0 Å². The molecule has 1 atom stereocenters. The highest BCUT2D eigenvalue weighted by molar-refractivity contribution is 6.32. The number of halogens is 2. The van der Waals surface area contributed by atoms with Crippen LogP contribution in [0.4, 0.5) is 0 Å². The van der Waals surface area contributed by atoms with Gasteiger partial charge in [0.2, 0.25) is 0 Å². The second-order valence-electron chi connectivity index (χ2n) is 5.23. The van der Waals surface area contributed by atoms with Gasteiger partial charge in [0, 0.05) is 16.7 Å². The van der Waals surface area contributed by atoms with Gasteiger partial charge >= 0.3 is 0 Å². The minimum absolute atomic E-state index is 0.00529. The van der Waals surface area contributed by atoms with Gasteiger partial charge in [0.05, 0.1) is 5.38 Å². The highest BCUT2D eigenvalue weighted by Gasteiger charge is 2.41. The highest BCUT2D eigenvalue weighted by Crippen LogP contribution is 2.56. The first-order valence-electron chi connectivity index (χ1n) is 5.77. The maximum absolute atomic E-state index is 6.44. The van der Waals surface area contributed by atoms with Crippen LogP contribution in [-0.2, 0) is 5.41 Å². The van der Waals surface area contributed by atoms with Crippen LogP contribution in [0.3, 0.4) is 0 Å². The van der Waals surface area contributed by atoms with E-state index in [2.05, 4.69) is 13.8 Å². The summed E-state index contributed by atoms with van der Waals surface area (Å²) in [5, 5.41) is 0.687. The molecule has 1 aromatic carbocycles. The molecule has 2 nitrogen and oxygen atoms in total. The Balaban J connectivity index is 2.28. The van der Waals surface area contributed by atoms with Crippen molar-refractivity contribution in [1.29, 1.82) is 0 Å². The normalized spacial score (nSPS) is 24.6. The third kappa shape index (κ3) is 1.61. The summed E-state index contributed by atoms with van der Waals surface area (Å²) in [4.78, 5) is 0. The average molecular weight is 273 g/mol. The summed E-state index contributed by atoms with van der Waals surface area (Å²) in [6.07, 6.45) is 0.878. The van der Waals surface area contributed by atoms with Gasteiger partial charge in [0.25, 0.3) is 0 Å². The molecular formula is C13H14Cl2O2. The van der Waals surface area contributed by atoms with E-state index in [0.717, 1.165) is 34.1 Å². The Bertz CT molecular complexity index is 483. The molecule has 1 heterocycles. The van der Waals surface area contributed by atoms with E-state index in [-0.39, 0.29) is 10.8 Å². The summed E-state index contributed by atoms with van der Waals surface area (Å²) in [6, 6.07) is 1.85. The second-order valence-corrected chi connectivity index (χ2v) is 6.16. The first-order chi connectivity index (χ1) is 8.00. The van der Waals surface area contributed by atoms with E-state index in [1.807, 2.05) is 6.07 Å². The van der Waals surface area contributed by atoms with E-state index in [4.69, 9.17) is 32.7 Å². The Labute approximate surface area is 111 Å². The van der Waals surface area contributed by atoms with Gasteiger partial charge in [-0.3, -0.25) is 0 Å². The van der Waals surface area contributed by atoms with Crippen LogP contribution in [0.5, 0.6) is 11.5 Å². The van der Waals surface area contributed by atoms with E-state index in [0.29, 0.717) is 13.2 Å². The lowest BCUT2D eigenvalue weighted by Gasteiger charge is -2.25. The zero-order valence-electron chi connectivity index (χ0n) is 9.85. The van der Waals surface area contributed by atoms with E-state index < -0.39 is 0 Å². The quantitative estimate of drug-likeness (QED) is 0.663. The van der Waals surface area contributed by atoms with E-state index >= 15 is 0 Å². The zero-order chi connectivity index (χ0) is 12.2. The Kier molecular flexibility index (Phi) is 2.50. The molecule has 0 radical (unpaired) electrons. The lowest BCUT2D eigenvalue weighted by atomic mass is 9.86. The van der Waals surface area contributed by atoms with Crippen LogP contribution in [-0.4, -0.2) is 13.2 Å². The van der Waals surface area contributed by atoms with Crippen LogP contribution in [0, 0.1) is 0 Å². The van der Waals surface area contributed by atoms with Gasteiger partial charge in [-0.1, -0.05) is 25.4 Å². The molecule has 0 saturated heterocycles. The lowest BCUT2D eigenvalue weighted by molar-refractivity contribution is 0.170. The summed E-state index contributed by atoms with van der Waals surface area (Å²) in [7, 11) is 0. The van der Waals surface area contributed by atoms with Gasteiger partial charge in [-0.25, -0.2) is 0 Å². The molecule has 3 rings (SSSR count). The van der Waals surface area contributed by atoms with Gasteiger partial charge in [-0.15, -0.1) is 11.6 Å². The maximum Gasteiger partial charge on any atom is 0.166 e. The molecule has 92 valence electrons. The molecule has 0 bridgehead atoms. The number of hydrogen-bond acceptors (Lipinski definition) is 2. The first kappa shape index (κ1) is 11.5. The number of alkyl halides is 1.